The lowest BCUT2D eigenvalue weighted by Crippen LogP contribution is -2.43. The first-order valence-corrected chi connectivity index (χ1v) is 6.68. The van der Waals surface area contributed by atoms with Crippen LogP contribution in [0.1, 0.15) is 5.56 Å². The Kier molecular flexibility index (Phi) is 3.68. The summed E-state index contributed by atoms with van der Waals surface area (Å²) in [5.41, 5.74) is 1.20. The van der Waals surface area contributed by atoms with Gasteiger partial charge in [0.2, 0.25) is 0 Å². The predicted molar refractivity (Wildman–Crippen MR) is 57.4 cm³/mol. The quantitative estimate of drug-likeness (QED) is 0.716. The molecular formula is C10H16O3Si. The van der Waals surface area contributed by atoms with Gasteiger partial charge in [-0.15, -0.1) is 0 Å². The van der Waals surface area contributed by atoms with Gasteiger partial charge in [-0.2, -0.15) is 0 Å². The van der Waals surface area contributed by atoms with Crippen LogP contribution in [0.4, 0.5) is 0 Å². The molecule has 0 unspecified atom stereocenters. The molecule has 0 spiro atoms. The van der Waals surface area contributed by atoms with Gasteiger partial charge in [0.1, 0.15) is 5.75 Å². The van der Waals surface area contributed by atoms with E-state index in [0.29, 0.717) is 0 Å². The molecule has 0 saturated carbocycles. The Hall–Kier alpha value is -0.843. The zero-order valence-electron chi connectivity index (χ0n) is 9.03. The third-order valence-corrected chi connectivity index (χ3v) is 4.16. The van der Waals surface area contributed by atoms with Crippen LogP contribution < -0.4 is 4.43 Å². The number of hydrogen-bond acceptors (Lipinski definition) is 3. The highest BCUT2D eigenvalue weighted by Crippen LogP contribution is 2.17. The van der Waals surface area contributed by atoms with Gasteiger partial charge >= 0.3 is 8.80 Å². The molecule has 0 aliphatic heterocycles. The van der Waals surface area contributed by atoms with Crippen LogP contribution in [0.25, 0.3) is 0 Å². The summed E-state index contributed by atoms with van der Waals surface area (Å²) in [6, 6.07) is 7.82. The highest BCUT2D eigenvalue weighted by molar-refractivity contribution is 6.59. The van der Waals surface area contributed by atoms with Crippen molar-refractivity contribution in [2.24, 2.45) is 0 Å². The fraction of sp³-hybridized carbons (Fsp3) is 0.400. The Bertz CT molecular complexity index is 280. The largest absolute Gasteiger partial charge is 0.562 e. The van der Waals surface area contributed by atoms with Crippen molar-refractivity contribution < 1.29 is 13.3 Å². The maximum Gasteiger partial charge on any atom is 0.562 e. The van der Waals surface area contributed by atoms with Crippen molar-refractivity contribution in [3.05, 3.63) is 29.8 Å². The van der Waals surface area contributed by atoms with Crippen molar-refractivity contribution in [3.63, 3.8) is 0 Å². The van der Waals surface area contributed by atoms with E-state index in [2.05, 4.69) is 0 Å². The summed E-state index contributed by atoms with van der Waals surface area (Å²) in [5.74, 6) is 0.786. The van der Waals surface area contributed by atoms with Crippen LogP contribution in [0.3, 0.4) is 0 Å². The Morgan fingerprint density at radius 3 is 1.93 bits per heavy atom. The first-order chi connectivity index (χ1) is 6.59. The Morgan fingerprint density at radius 1 is 1.00 bits per heavy atom. The molecule has 1 rings (SSSR count). The molecule has 0 amide bonds. The average molecular weight is 212 g/mol. The molecule has 0 saturated heterocycles. The smallest absolute Gasteiger partial charge is 0.501 e. The van der Waals surface area contributed by atoms with E-state index in [0.717, 1.165) is 5.75 Å². The minimum Gasteiger partial charge on any atom is -0.501 e. The molecule has 1 aromatic carbocycles. The summed E-state index contributed by atoms with van der Waals surface area (Å²) >= 11 is 0. The van der Waals surface area contributed by atoms with Crippen molar-refractivity contribution in [1.82, 2.24) is 0 Å². The molecule has 0 N–H and O–H groups in total. The molecule has 4 heteroatoms. The van der Waals surface area contributed by atoms with Crippen LogP contribution >= 0.6 is 0 Å². The lowest BCUT2D eigenvalue weighted by Gasteiger charge is -2.22. The second-order valence-corrected chi connectivity index (χ2v) is 5.93. The van der Waals surface area contributed by atoms with Crippen LogP contribution in [0.2, 0.25) is 6.55 Å². The Morgan fingerprint density at radius 2 is 1.50 bits per heavy atom. The zero-order chi connectivity index (χ0) is 10.6. The van der Waals surface area contributed by atoms with E-state index in [-0.39, 0.29) is 0 Å². The molecule has 14 heavy (non-hydrogen) atoms. The molecule has 1 aromatic rings. The lowest BCUT2D eigenvalue weighted by molar-refractivity contribution is 0.169. The number of benzene rings is 1. The summed E-state index contributed by atoms with van der Waals surface area (Å²) in [6.07, 6.45) is 0. The molecule has 0 aliphatic rings. The molecule has 0 aliphatic carbocycles. The maximum absolute atomic E-state index is 5.65. The van der Waals surface area contributed by atoms with Gasteiger partial charge < -0.3 is 13.3 Å². The van der Waals surface area contributed by atoms with Crippen molar-refractivity contribution in [2.45, 2.75) is 13.5 Å². The molecule has 0 heterocycles. The minimum absolute atomic E-state index is 0.786. The SMILES string of the molecule is CO[Si](C)(OC)Oc1ccc(C)cc1. The van der Waals surface area contributed by atoms with Gasteiger partial charge in [0, 0.05) is 20.8 Å². The second kappa shape index (κ2) is 4.59. The highest BCUT2D eigenvalue weighted by atomic mass is 28.4. The van der Waals surface area contributed by atoms with E-state index in [4.69, 9.17) is 13.3 Å². The van der Waals surface area contributed by atoms with Crippen molar-refractivity contribution in [2.75, 3.05) is 14.2 Å². The molecule has 0 fully saturated rings. The normalized spacial score (nSPS) is 11.4. The monoisotopic (exact) mass is 212 g/mol. The molecular weight excluding hydrogens is 196 g/mol. The highest BCUT2D eigenvalue weighted by Gasteiger charge is 2.34. The van der Waals surface area contributed by atoms with Crippen LogP contribution in [-0.2, 0) is 8.85 Å². The zero-order valence-corrected chi connectivity index (χ0v) is 10.0. The average Bonchev–Trinajstić information content (AvgIpc) is 2.21. The van der Waals surface area contributed by atoms with E-state index >= 15 is 0 Å². The first kappa shape index (κ1) is 11.2. The van der Waals surface area contributed by atoms with Crippen molar-refractivity contribution in [1.29, 1.82) is 0 Å². The van der Waals surface area contributed by atoms with E-state index in [1.165, 1.54) is 5.56 Å². The number of rotatable bonds is 4. The molecule has 0 atom stereocenters. The van der Waals surface area contributed by atoms with Crippen LogP contribution in [0, 0.1) is 6.92 Å². The summed E-state index contributed by atoms with van der Waals surface area (Å²) in [7, 11) is 0.747. The lowest BCUT2D eigenvalue weighted by atomic mass is 10.2. The molecule has 78 valence electrons. The van der Waals surface area contributed by atoms with E-state index < -0.39 is 8.80 Å². The van der Waals surface area contributed by atoms with Gasteiger partial charge in [0.15, 0.2) is 0 Å². The third kappa shape index (κ3) is 2.83. The van der Waals surface area contributed by atoms with Crippen molar-refractivity contribution in [3.8, 4) is 5.75 Å². The van der Waals surface area contributed by atoms with Crippen LogP contribution in [0.5, 0.6) is 5.75 Å². The fourth-order valence-corrected chi connectivity index (χ4v) is 1.88. The number of aryl methyl sites for hydroxylation is 1. The standard InChI is InChI=1S/C10H16O3Si/c1-9-5-7-10(8-6-9)13-14(4,11-2)12-3/h5-8H,1-4H3. The van der Waals surface area contributed by atoms with Gasteiger partial charge in [0.05, 0.1) is 0 Å². The predicted octanol–water partition coefficient (Wildman–Crippen LogP) is 2.24. The van der Waals surface area contributed by atoms with E-state index in [1.807, 2.05) is 37.7 Å². The van der Waals surface area contributed by atoms with Crippen LogP contribution in [0.15, 0.2) is 24.3 Å². The molecule has 0 radical (unpaired) electrons. The second-order valence-electron chi connectivity index (χ2n) is 3.19. The molecule has 0 bridgehead atoms. The number of hydrogen-bond donors (Lipinski definition) is 0. The Labute approximate surface area is 86.0 Å². The minimum atomic E-state index is -2.46. The van der Waals surface area contributed by atoms with Gasteiger partial charge in [0.25, 0.3) is 0 Å². The van der Waals surface area contributed by atoms with E-state index in [1.54, 1.807) is 14.2 Å². The fourth-order valence-electron chi connectivity index (χ4n) is 0.987. The van der Waals surface area contributed by atoms with E-state index in [9.17, 15) is 0 Å². The van der Waals surface area contributed by atoms with Gasteiger partial charge in [-0.05, 0) is 19.1 Å². The third-order valence-electron chi connectivity index (χ3n) is 2.07. The maximum atomic E-state index is 5.65. The topological polar surface area (TPSA) is 27.7 Å². The summed E-state index contributed by atoms with van der Waals surface area (Å²) in [5, 5.41) is 0. The van der Waals surface area contributed by atoms with Crippen molar-refractivity contribution >= 4 is 8.80 Å². The Balaban J connectivity index is 2.72. The summed E-state index contributed by atoms with van der Waals surface area (Å²) in [6.45, 7) is 3.89. The van der Waals surface area contributed by atoms with Crippen LogP contribution in [-0.4, -0.2) is 23.0 Å². The van der Waals surface area contributed by atoms with Gasteiger partial charge in [-0.3, -0.25) is 0 Å². The van der Waals surface area contributed by atoms with Gasteiger partial charge in [-0.1, -0.05) is 17.7 Å². The molecule has 0 aromatic heterocycles. The molecule has 3 nitrogen and oxygen atoms in total. The summed E-state index contributed by atoms with van der Waals surface area (Å²) in [4.78, 5) is 0. The summed E-state index contributed by atoms with van der Waals surface area (Å²) < 4.78 is 16.1. The first-order valence-electron chi connectivity index (χ1n) is 4.45. The van der Waals surface area contributed by atoms with Gasteiger partial charge in [-0.25, -0.2) is 0 Å².